The van der Waals surface area contributed by atoms with Crippen molar-refractivity contribution >= 4 is 5.91 Å². The number of morpholine rings is 1. The Balaban J connectivity index is 1.65. The van der Waals surface area contributed by atoms with Crippen LogP contribution in [-0.4, -0.2) is 44.5 Å². The smallest absolute Gasteiger partial charge is 0.369 e. The van der Waals surface area contributed by atoms with E-state index in [1.54, 1.807) is 18.0 Å². The Kier molecular flexibility index (Phi) is 4.65. The number of benzene rings is 1. The number of rotatable bonds is 2. The molecule has 0 bridgehead atoms. The number of hydrogen-bond donors (Lipinski definition) is 0. The van der Waals surface area contributed by atoms with E-state index in [2.05, 4.69) is 10.3 Å². The zero-order valence-electron chi connectivity index (χ0n) is 15.4. The predicted molar refractivity (Wildman–Crippen MR) is 93.4 cm³/mol. The van der Waals surface area contributed by atoms with Gasteiger partial charge in [-0.1, -0.05) is 30.2 Å². The Morgan fingerprint density at radius 3 is 2.68 bits per heavy atom. The summed E-state index contributed by atoms with van der Waals surface area (Å²) < 4.78 is 46.7. The van der Waals surface area contributed by atoms with Crippen molar-refractivity contribution in [3.8, 4) is 0 Å². The first-order valence-corrected chi connectivity index (χ1v) is 9.26. The zero-order chi connectivity index (χ0) is 19.9. The molecule has 1 aliphatic heterocycles. The van der Waals surface area contributed by atoms with Crippen LogP contribution in [0.2, 0.25) is 0 Å². The molecule has 1 aromatic heterocycles. The SMILES string of the molecule is Cn1nncc1C(=O)N1C[C@H](c2cccc(C(F)(F)F)c2)OCC12CCCC2. The van der Waals surface area contributed by atoms with Gasteiger partial charge in [-0.15, -0.1) is 5.10 Å². The van der Waals surface area contributed by atoms with Gasteiger partial charge in [0.2, 0.25) is 0 Å². The standard InChI is InChI=1S/C19H21F3N4O2/c1-25-15(10-23-24-25)17(27)26-11-16(28-12-18(26)7-2-3-8-18)13-5-4-6-14(9-13)19(20,21)22/h4-6,9-10,16H,2-3,7-8,11-12H2,1H3/t16-/m1/s1. The average molecular weight is 394 g/mol. The number of nitrogens with zero attached hydrogens (tertiary/aromatic N) is 4. The van der Waals surface area contributed by atoms with Gasteiger partial charge < -0.3 is 9.64 Å². The molecule has 28 heavy (non-hydrogen) atoms. The Morgan fingerprint density at radius 2 is 2.04 bits per heavy atom. The summed E-state index contributed by atoms with van der Waals surface area (Å²) in [6.07, 6.45) is 0.000382. The lowest BCUT2D eigenvalue weighted by Crippen LogP contribution is -2.58. The number of hydrogen-bond acceptors (Lipinski definition) is 4. The highest BCUT2D eigenvalue weighted by Gasteiger charge is 2.47. The molecule has 2 aromatic rings. The van der Waals surface area contributed by atoms with Crippen LogP contribution in [0.4, 0.5) is 13.2 Å². The molecule has 0 unspecified atom stereocenters. The quantitative estimate of drug-likeness (QED) is 0.784. The van der Waals surface area contributed by atoms with Crippen LogP contribution in [-0.2, 0) is 18.0 Å². The van der Waals surface area contributed by atoms with E-state index in [9.17, 15) is 18.0 Å². The van der Waals surface area contributed by atoms with Crippen LogP contribution in [0.3, 0.4) is 0 Å². The second-order valence-corrected chi connectivity index (χ2v) is 7.51. The van der Waals surface area contributed by atoms with E-state index < -0.39 is 23.4 Å². The van der Waals surface area contributed by atoms with Crippen LogP contribution in [0, 0.1) is 0 Å². The molecule has 1 saturated carbocycles. The molecular weight excluding hydrogens is 373 g/mol. The molecule has 9 heteroatoms. The number of alkyl halides is 3. The van der Waals surface area contributed by atoms with Gasteiger partial charge in [0.15, 0.2) is 0 Å². The van der Waals surface area contributed by atoms with Gasteiger partial charge in [-0.2, -0.15) is 13.2 Å². The van der Waals surface area contributed by atoms with Crippen LogP contribution in [0.5, 0.6) is 0 Å². The fourth-order valence-corrected chi connectivity index (χ4v) is 4.23. The summed E-state index contributed by atoms with van der Waals surface area (Å²) in [4.78, 5) is 15.0. The van der Waals surface area contributed by atoms with Gasteiger partial charge in [0.25, 0.3) is 5.91 Å². The molecule has 1 saturated heterocycles. The molecule has 1 spiro atoms. The van der Waals surface area contributed by atoms with E-state index in [1.165, 1.54) is 16.9 Å². The summed E-state index contributed by atoms with van der Waals surface area (Å²) in [5, 5.41) is 7.60. The third kappa shape index (κ3) is 3.28. The Labute approximate surface area is 160 Å². The largest absolute Gasteiger partial charge is 0.416 e. The summed E-state index contributed by atoms with van der Waals surface area (Å²) in [5.41, 5.74) is -0.359. The van der Waals surface area contributed by atoms with Gasteiger partial charge in [0.1, 0.15) is 11.8 Å². The minimum Gasteiger partial charge on any atom is -0.369 e. The summed E-state index contributed by atoms with van der Waals surface area (Å²) in [5.74, 6) is -0.213. The number of aromatic nitrogens is 3. The maximum Gasteiger partial charge on any atom is 0.416 e. The molecule has 6 nitrogen and oxygen atoms in total. The van der Waals surface area contributed by atoms with Crippen LogP contribution < -0.4 is 0 Å². The normalized spacial score (nSPS) is 22.0. The Morgan fingerprint density at radius 1 is 1.29 bits per heavy atom. The maximum absolute atomic E-state index is 13.2. The Hall–Kier alpha value is -2.42. The molecule has 2 heterocycles. The first kappa shape index (κ1) is 18.9. The highest BCUT2D eigenvalue weighted by atomic mass is 19.4. The minimum absolute atomic E-state index is 0.200. The van der Waals surface area contributed by atoms with Crippen molar-refractivity contribution in [3.05, 3.63) is 47.3 Å². The molecule has 1 aromatic carbocycles. The molecule has 1 aliphatic carbocycles. The highest BCUT2D eigenvalue weighted by molar-refractivity contribution is 5.93. The minimum atomic E-state index is -4.42. The van der Waals surface area contributed by atoms with E-state index in [-0.39, 0.29) is 12.5 Å². The summed E-state index contributed by atoms with van der Waals surface area (Å²) >= 11 is 0. The van der Waals surface area contributed by atoms with Crippen molar-refractivity contribution in [2.24, 2.45) is 7.05 Å². The van der Waals surface area contributed by atoms with E-state index >= 15 is 0 Å². The van der Waals surface area contributed by atoms with Crippen LogP contribution in [0.1, 0.15) is 53.4 Å². The van der Waals surface area contributed by atoms with Gasteiger partial charge in [-0.3, -0.25) is 4.79 Å². The third-order valence-corrected chi connectivity index (χ3v) is 5.77. The summed E-state index contributed by atoms with van der Waals surface area (Å²) in [6, 6.07) is 5.13. The molecule has 2 fully saturated rings. The van der Waals surface area contributed by atoms with Gasteiger partial charge >= 0.3 is 6.18 Å². The van der Waals surface area contributed by atoms with Gasteiger partial charge in [-0.25, -0.2) is 4.68 Å². The molecule has 1 amide bonds. The summed E-state index contributed by atoms with van der Waals surface area (Å²) in [6.45, 7) is 0.510. The van der Waals surface area contributed by atoms with Crippen molar-refractivity contribution in [2.75, 3.05) is 13.2 Å². The van der Waals surface area contributed by atoms with Gasteiger partial charge in [-0.05, 0) is 30.5 Å². The van der Waals surface area contributed by atoms with Crippen LogP contribution >= 0.6 is 0 Å². The van der Waals surface area contributed by atoms with Gasteiger partial charge in [0, 0.05) is 7.05 Å². The number of halogens is 3. The maximum atomic E-state index is 13.2. The first-order chi connectivity index (χ1) is 13.3. The molecule has 0 radical (unpaired) electrons. The van der Waals surface area contributed by atoms with Crippen LogP contribution in [0.25, 0.3) is 0 Å². The molecule has 0 N–H and O–H groups in total. The lowest BCUT2D eigenvalue weighted by atomic mass is 9.91. The van der Waals surface area contributed by atoms with Crippen molar-refractivity contribution in [2.45, 2.75) is 43.5 Å². The first-order valence-electron chi connectivity index (χ1n) is 9.26. The van der Waals surface area contributed by atoms with E-state index in [4.69, 9.17) is 4.74 Å². The molecular formula is C19H21F3N4O2. The van der Waals surface area contributed by atoms with E-state index in [0.717, 1.165) is 37.8 Å². The average Bonchev–Trinajstić information content (AvgIpc) is 3.31. The fourth-order valence-electron chi connectivity index (χ4n) is 4.23. The molecule has 4 rings (SSSR count). The number of carbonyl (C=O) groups is 1. The highest BCUT2D eigenvalue weighted by Crippen LogP contribution is 2.42. The number of aryl methyl sites for hydroxylation is 1. The van der Waals surface area contributed by atoms with Crippen molar-refractivity contribution in [1.82, 2.24) is 19.9 Å². The fraction of sp³-hybridized carbons (Fsp3) is 0.526. The molecule has 1 atom stereocenters. The zero-order valence-corrected chi connectivity index (χ0v) is 15.4. The molecule has 150 valence electrons. The van der Waals surface area contributed by atoms with Gasteiger partial charge in [0.05, 0.1) is 30.5 Å². The van der Waals surface area contributed by atoms with Crippen LogP contribution in [0.15, 0.2) is 30.5 Å². The van der Waals surface area contributed by atoms with Crippen molar-refractivity contribution < 1.29 is 22.7 Å². The van der Waals surface area contributed by atoms with Crippen molar-refractivity contribution in [3.63, 3.8) is 0 Å². The monoisotopic (exact) mass is 394 g/mol. The summed E-state index contributed by atoms with van der Waals surface area (Å²) in [7, 11) is 1.65. The second kappa shape index (κ2) is 6.88. The third-order valence-electron chi connectivity index (χ3n) is 5.77. The topological polar surface area (TPSA) is 60.2 Å². The molecule has 2 aliphatic rings. The number of carbonyl (C=O) groups excluding carboxylic acids is 1. The number of amides is 1. The predicted octanol–water partition coefficient (Wildman–Crippen LogP) is 3.36. The Bertz CT molecular complexity index is 874. The van der Waals surface area contributed by atoms with E-state index in [0.29, 0.717) is 17.9 Å². The lowest BCUT2D eigenvalue weighted by Gasteiger charge is -2.47. The van der Waals surface area contributed by atoms with E-state index in [1.807, 2.05) is 0 Å². The number of ether oxygens (including phenoxy) is 1. The second-order valence-electron chi connectivity index (χ2n) is 7.51. The van der Waals surface area contributed by atoms with Crippen molar-refractivity contribution in [1.29, 1.82) is 0 Å². The lowest BCUT2D eigenvalue weighted by molar-refractivity contribution is -0.138.